The molecule has 0 saturated carbocycles. The lowest BCUT2D eigenvalue weighted by atomic mass is 9.99. The normalized spacial score (nSPS) is 15.6. The Kier molecular flexibility index (Phi) is 5.47. The van der Waals surface area contributed by atoms with Crippen LogP contribution in [0.5, 0.6) is 0 Å². The highest BCUT2D eigenvalue weighted by Gasteiger charge is 2.29. The Labute approximate surface area is 155 Å². The molecule has 1 fully saturated rings. The number of ether oxygens (including phenoxy) is 1. The third-order valence-corrected chi connectivity index (χ3v) is 4.21. The fourth-order valence-corrected chi connectivity index (χ4v) is 2.77. The summed E-state index contributed by atoms with van der Waals surface area (Å²) < 4.78 is 5.20. The maximum absolute atomic E-state index is 11.8. The highest BCUT2D eigenvalue weighted by Crippen LogP contribution is 2.23. The van der Waals surface area contributed by atoms with Crippen LogP contribution in [0.1, 0.15) is 24.0 Å². The number of nitrogens with zero attached hydrogens (tertiary/aromatic N) is 1. The minimum Gasteiger partial charge on any atom is -0.461 e. The van der Waals surface area contributed by atoms with Gasteiger partial charge in [0.05, 0.1) is 11.6 Å². The summed E-state index contributed by atoms with van der Waals surface area (Å²) in [6.45, 7) is 0.113. The van der Waals surface area contributed by atoms with Crippen molar-refractivity contribution in [2.45, 2.75) is 25.5 Å². The Bertz CT molecular complexity index is 916. The van der Waals surface area contributed by atoms with E-state index >= 15 is 0 Å². The largest absolute Gasteiger partial charge is 0.461 e. The number of nitrogens with one attached hydrogen (secondary N) is 2. The van der Waals surface area contributed by atoms with E-state index in [1.807, 2.05) is 42.5 Å². The lowest BCUT2D eigenvalue weighted by Gasteiger charge is -2.09. The molecular weight excluding hydrogens is 346 g/mol. The van der Waals surface area contributed by atoms with Gasteiger partial charge in [-0.05, 0) is 29.2 Å². The van der Waals surface area contributed by atoms with Crippen molar-refractivity contribution in [3.8, 4) is 17.2 Å². The van der Waals surface area contributed by atoms with Crippen LogP contribution in [-0.2, 0) is 20.9 Å². The molecule has 0 aromatic heterocycles. The molecule has 0 bridgehead atoms. The highest BCUT2D eigenvalue weighted by atomic mass is 16.5. The van der Waals surface area contributed by atoms with Crippen molar-refractivity contribution in [3.05, 3.63) is 59.7 Å². The van der Waals surface area contributed by atoms with Crippen LogP contribution < -0.4 is 10.6 Å². The quantitative estimate of drug-likeness (QED) is 0.604. The van der Waals surface area contributed by atoms with Crippen LogP contribution in [-0.4, -0.2) is 23.9 Å². The van der Waals surface area contributed by atoms with Crippen molar-refractivity contribution in [1.29, 1.82) is 5.26 Å². The number of hydrogen-bond donors (Lipinski definition) is 2. The van der Waals surface area contributed by atoms with E-state index in [2.05, 4.69) is 16.7 Å². The fourth-order valence-electron chi connectivity index (χ4n) is 2.77. The maximum Gasteiger partial charge on any atom is 0.322 e. The Balaban J connectivity index is 1.51. The summed E-state index contributed by atoms with van der Waals surface area (Å²) in [6.07, 6.45) is 0.228. The number of benzene rings is 2. The Morgan fingerprint density at radius 3 is 2.52 bits per heavy atom. The highest BCUT2D eigenvalue weighted by molar-refractivity contribution is 6.04. The first-order chi connectivity index (χ1) is 13.1. The number of rotatable bonds is 6. The number of nitriles is 1. The van der Waals surface area contributed by atoms with Gasteiger partial charge >= 0.3 is 12.0 Å². The molecule has 2 aromatic carbocycles. The van der Waals surface area contributed by atoms with Crippen LogP contribution in [0.25, 0.3) is 11.1 Å². The molecule has 1 saturated heterocycles. The molecule has 1 atom stereocenters. The molecule has 7 nitrogen and oxygen atoms in total. The summed E-state index contributed by atoms with van der Waals surface area (Å²) in [7, 11) is 0. The molecule has 0 aliphatic carbocycles. The zero-order valence-corrected chi connectivity index (χ0v) is 14.4. The second kappa shape index (κ2) is 8.15. The number of imide groups is 1. The molecule has 0 radical (unpaired) electrons. The van der Waals surface area contributed by atoms with Gasteiger partial charge in [-0.15, -0.1) is 0 Å². The van der Waals surface area contributed by atoms with Crippen molar-refractivity contribution in [1.82, 2.24) is 10.6 Å². The van der Waals surface area contributed by atoms with Gasteiger partial charge in [-0.2, -0.15) is 5.26 Å². The summed E-state index contributed by atoms with van der Waals surface area (Å²) in [5.41, 5.74) is 3.17. The first-order valence-corrected chi connectivity index (χ1v) is 8.42. The second-order valence-electron chi connectivity index (χ2n) is 6.07. The predicted molar refractivity (Wildman–Crippen MR) is 96.1 cm³/mol. The lowest BCUT2D eigenvalue weighted by Crippen LogP contribution is -2.29. The van der Waals surface area contributed by atoms with Gasteiger partial charge < -0.3 is 10.1 Å². The van der Waals surface area contributed by atoms with Gasteiger partial charge in [-0.3, -0.25) is 14.9 Å². The van der Waals surface area contributed by atoms with E-state index < -0.39 is 23.9 Å². The van der Waals surface area contributed by atoms with Gasteiger partial charge in [-0.25, -0.2) is 4.79 Å². The van der Waals surface area contributed by atoms with Gasteiger partial charge in [0, 0.05) is 6.42 Å². The predicted octanol–water partition coefficient (Wildman–Crippen LogP) is 2.26. The Morgan fingerprint density at radius 1 is 1.11 bits per heavy atom. The van der Waals surface area contributed by atoms with Crippen molar-refractivity contribution in [2.75, 3.05) is 0 Å². The Morgan fingerprint density at radius 2 is 1.85 bits per heavy atom. The molecule has 3 amide bonds. The summed E-state index contributed by atoms with van der Waals surface area (Å²) in [6, 6.07) is 15.7. The van der Waals surface area contributed by atoms with E-state index in [4.69, 9.17) is 4.74 Å². The van der Waals surface area contributed by atoms with Crippen LogP contribution in [0, 0.1) is 11.3 Å². The maximum atomic E-state index is 11.8. The molecule has 0 unspecified atom stereocenters. The molecule has 3 rings (SSSR count). The van der Waals surface area contributed by atoms with E-state index in [0.717, 1.165) is 16.7 Å². The first kappa shape index (κ1) is 18.1. The monoisotopic (exact) mass is 363 g/mol. The third-order valence-electron chi connectivity index (χ3n) is 4.21. The average molecular weight is 363 g/mol. The molecule has 2 N–H and O–H groups in total. The molecule has 1 aliphatic heterocycles. The SMILES string of the molecule is N#Cc1ccccc1-c1ccc(COC(=O)CC[C@H]2NC(=O)NC2=O)cc1. The zero-order chi connectivity index (χ0) is 19.2. The number of esters is 1. The number of carbonyl (C=O) groups is 3. The minimum atomic E-state index is -0.690. The van der Waals surface area contributed by atoms with Gasteiger partial charge in [-0.1, -0.05) is 42.5 Å². The van der Waals surface area contributed by atoms with Crippen molar-refractivity contribution < 1.29 is 19.1 Å². The summed E-state index contributed by atoms with van der Waals surface area (Å²) >= 11 is 0. The first-order valence-electron chi connectivity index (χ1n) is 8.42. The van der Waals surface area contributed by atoms with Gasteiger partial charge in [0.15, 0.2) is 0 Å². The van der Waals surface area contributed by atoms with Gasteiger partial charge in [0.25, 0.3) is 5.91 Å². The smallest absolute Gasteiger partial charge is 0.322 e. The van der Waals surface area contributed by atoms with E-state index in [9.17, 15) is 19.6 Å². The Hall–Kier alpha value is -3.66. The molecule has 1 aliphatic rings. The zero-order valence-electron chi connectivity index (χ0n) is 14.4. The van der Waals surface area contributed by atoms with Crippen LogP contribution in [0.4, 0.5) is 4.79 Å². The topological polar surface area (TPSA) is 108 Å². The van der Waals surface area contributed by atoms with Gasteiger partial charge in [0.2, 0.25) is 0 Å². The summed E-state index contributed by atoms with van der Waals surface area (Å²) in [5, 5.41) is 13.7. The van der Waals surface area contributed by atoms with Crippen molar-refractivity contribution in [2.24, 2.45) is 0 Å². The van der Waals surface area contributed by atoms with Crippen molar-refractivity contribution >= 4 is 17.9 Å². The number of urea groups is 1. The molecule has 1 heterocycles. The molecule has 27 heavy (non-hydrogen) atoms. The molecule has 2 aromatic rings. The van der Waals surface area contributed by atoms with Crippen LogP contribution >= 0.6 is 0 Å². The lowest BCUT2D eigenvalue weighted by molar-refractivity contribution is -0.145. The van der Waals surface area contributed by atoms with Crippen LogP contribution in [0.15, 0.2) is 48.5 Å². The van der Waals surface area contributed by atoms with E-state index in [-0.39, 0.29) is 19.4 Å². The molecule has 136 valence electrons. The van der Waals surface area contributed by atoms with E-state index in [0.29, 0.717) is 5.56 Å². The standard InChI is InChI=1S/C20H17N3O4/c21-11-15-3-1-2-4-16(15)14-7-5-13(6-8-14)12-27-18(24)10-9-17-19(25)23-20(26)22-17/h1-8,17H,9-10,12H2,(H2,22,23,25,26)/t17-/m1/s1. The third kappa shape index (κ3) is 4.50. The molecular formula is C20H17N3O4. The van der Waals surface area contributed by atoms with Crippen LogP contribution in [0.2, 0.25) is 0 Å². The fraction of sp³-hybridized carbons (Fsp3) is 0.200. The van der Waals surface area contributed by atoms with Gasteiger partial charge in [0.1, 0.15) is 12.6 Å². The molecule has 7 heteroatoms. The second-order valence-corrected chi connectivity index (χ2v) is 6.07. The molecule has 0 spiro atoms. The van der Waals surface area contributed by atoms with Crippen molar-refractivity contribution in [3.63, 3.8) is 0 Å². The number of carbonyl (C=O) groups excluding carboxylic acids is 3. The van der Waals surface area contributed by atoms with E-state index in [1.165, 1.54) is 0 Å². The average Bonchev–Trinajstić information content (AvgIpc) is 3.02. The van der Waals surface area contributed by atoms with Crippen LogP contribution in [0.3, 0.4) is 0 Å². The number of amides is 3. The summed E-state index contributed by atoms with van der Waals surface area (Å²) in [4.78, 5) is 34.2. The number of hydrogen-bond acceptors (Lipinski definition) is 5. The van der Waals surface area contributed by atoms with E-state index in [1.54, 1.807) is 6.07 Å². The minimum absolute atomic E-state index is 0.0337. The summed E-state index contributed by atoms with van der Waals surface area (Å²) in [5.74, 6) is -0.871.